The first-order valence-electron chi connectivity index (χ1n) is 5.34. The highest BCUT2D eigenvalue weighted by molar-refractivity contribution is 9.10. The second-order valence-corrected chi connectivity index (χ2v) is 6.11. The van der Waals surface area contributed by atoms with Crippen LogP contribution in [0.1, 0.15) is 4.88 Å². The minimum atomic E-state index is 1.03. The van der Waals surface area contributed by atoms with Crippen molar-refractivity contribution in [1.82, 2.24) is 9.55 Å². The highest BCUT2D eigenvalue weighted by atomic mass is 79.9. The molecule has 2 nitrogen and oxygen atoms in total. The SMILES string of the molecule is Cc1sc(-c2nc3ccccc3n2C)cc1Br. The van der Waals surface area contributed by atoms with Crippen LogP contribution in [-0.2, 0) is 7.05 Å². The number of rotatable bonds is 1. The van der Waals surface area contributed by atoms with Gasteiger partial charge in [-0.05, 0) is 41.1 Å². The second-order valence-electron chi connectivity index (χ2n) is 4.00. The third-order valence-corrected chi connectivity index (χ3v) is 5.00. The highest BCUT2D eigenvalue weighted by Gasteiger charge is 2.12. The Morgan fingerprint density at radius 1 is 1.29 bits per heavy atom. The fourth-order valence-corrected chi connectivity index (χ4v) is 3.50. The largest absolute Gasteiger partial charge is 0.326 e. The summed E-state index contributed by atoms with van der Waals surface area (Å²) in [6.07, 6.45) is 0. The Kier molecular flexibility index (Phi) is 2.56. The summed E-state index contributed by atoms with van der Waals surface area (Å²) in [5.74, 6) is 1.03. The van der Waals surface area contributed by atoms with Crippen molar-refractivity contribution in [3.63, 3.8) is 0 Å². The molecule has 3 aromatic rings. The van der Waals surface area contributed by atoms with Gasteiger partial charge in [0.25, 0.3) is 0 Å². The van der Waals surface area contributed by atoms with Crippen molar-refractivity contribution < 1.29 is 0 Å². The minimum absolute atomic E-state index is 1.03. The average Bonchev–Trinajstić information content (AvgIpc) is 2.82. The summed E-state index contributed by atoms with van der Waals surface area (Å²) < 4.78 is 3.30. The van der Waals surface area contributed by atoms with E-state index in [1.165, 1.54) is 15.3 Å². The standard InChI is InChI=1S/C13H11BrN2S/c1-8-9(14)7-12(17-8)13-15-10-5-3-4-6-11(10)16(13)2/h3-7H,1-2H3. The van der Waals surface area contributed by atoms with Crippen LogP contribution in [0.5, 0.6) is 0 Å². The van der Waals surface area contributed by atoms with Crippen molar-refractivity contribution in [2.75, 3.05) is 0 Å². The van der Waals surface area contributed by atoms with Gasteiger partial charge in [0.05, 0.1) is 15.9 Å². The molecule has 0 N–H and O–H groups in total. The zero-order valence-electron chi connectivity index (χ0n) is 9.57. The highest BCUT2D eigenvalue weighted by Crippen LogP contribution is 2.34. The number of thiophene rings is 1. The number of aromatic nitrogens is 2. The van der Waals surface area contributed by atoms with E-state index in [1.54, 1.807) is 11.3 Å². The predicted octanol–water partition coefficient (Wildman–Crippen LogP) is 4.37. The zero-order chi connectivity index (χ0) is 12.0. The molecule has 2 aromatic heterocycles. The lowest BCUT2D eigenvalue weighted by molar-refractivity contribution is 0.963. The predicted molar refractivity (Wildman–Crippen MR) is 76.5 cm³/mol. The van der Waals surface area contributed by atoms with Gasteiger partial charge in [-0.25, -0.2) is 4.98 Å². The second kappa shape index (κ2) is 3.96. The lowest BCUT2D eigenvalue weighted by Gasteiger charge is -1.98. The number of nitrogens with zero attached hydrogens (tertiary/aromatic N) is 2. The Bertz CT molecular complexity index is 677. The van der Waals surface area contributed by atoms with Crippen molar-refractivity contribution in [2.45, 2.75) is 6.92 Å². The van der Waals surface area contributed by atoms with Crippen molar-refractivity contribution >= 4 is 38.3 Å². The maximum atomic E-state index is 4.69. The van der Waals surface area contributed by atoms with Crippen LogP contribution in [0, 0.1) is 6.92 Å². The Labute approximate surface area is 112 Å². The summed E-state index contributed by atoms with van der Waals surface area (Å²) in [6.45, 7) is 2.11. The number of fused-ring (bicyclic) bond motifs is 1. The molecule has 17 heavy (non-hydrogen) atoms. The Morgan fingerprint density at radius 2 is 2.06 bits per heavy atom. The fraction of sp³-hybridized carbons (Fsp3) is 0.154. The summed E-state index contributed by atoms with van der Waals surface area (Å²) in [6, 6.07) is 10.4. The van der Waals surface area contributed by atoms with E-state index in [0.717, 1.165) is 15.8 Å². The molecule has 4 heteroatoms. The van der Waals surface area contributed by atoms with E-state index in [2.05, 4.69) is 51.6 Å². The smallest absolute Gasteiger partial charge is 0.151 e. The van der Waals surface area contributed by atoms with Gasteiger partial charge in [0.1, 0.15) is 0 Å². The van der Waals surface area contributed by atoms with Gasteiger partial charge >= 0.3 is 0 Å². The molecule has 0 aliphatic carbocycles. The number of hydrogen-bond donors (Lipinski definition) is 0. The number of aryl methyl sites for hydroxylation is 2. The zero-order valence-corrected chi connectivity index (χ0v) is 12.0. The average molecular weight is 307 g/mol. The fourth-order valence-electron chi connectivity index (χ4n) is 1.94. The molecule has 0 fully saturated rings. The quantitative estimate of drug-likeness (QED) is 0.652. The van der Waals surface area contributed by atoms with E-state index in [4.69, 9.17) is 0 Å². The molecule has 0 spiro atoms. The van der Waals surface area contributed by atoms with Crippen molar-refractivity contribution in [1.29, 1.82) is 0 Å². The lowest BCUT2D eigenvalue weighted by Crippen LogP contribution is -1.89. The monoisotopic (exact) mass is 306 g/mol. The third kappa shape index (κ3) is 1.72. The molecular formula is C13H11BrN2S. The summed E-state index contributed by atoms with van der Waals surface area (Å²) >= 11 is 5.32. The van der Waals surface area contributed by atoms with Crippen LogP contribution >= 0.6 is 27.3 Å². The molecule has 0 saturated carbocycles. The van der Waals surface area contributed by atoms with Crippen LogP contribution in [0.15, 0.2) is 34.8 Å². The summed E-state index contributed by atoms with van der Waals surface area (Å²) in [7, 11) is 2.06. The summed E-state index contributed by atoms with van der Waals surface area (Å²) in [4.78, 5) is 7.18. The van der Waals surface area contributed by atoms with E-state index in [0.29, 0.717) is 0 Å². The van der Waals surface area contributed by atoms with Crippen LogP contribution in [-0.4, -0.2) is 9.55 Å². The van der Waals surface area contributed by atoms with Crippen LogP contribution < -0.4 is 0 Å². The van der Waals surface area contributed by atoms with Gasteiger partial charge in [-0.1, -0.05) is 12.1 Å². The Morgan fingerprint density at radius 3 is 2.71 bits per heavy atom. The Hall–Kier alpha value is -1.13. The minimum Gasteiger partial charge on any atom is -0.326 e. The van der Waals surface area contributed by atoms with Gasteiger partial charge < -0.3 is 4.57 Å². The first-order chi connectivity index (χ1) is 8.16. The van der Waals surface area contributed by atoms with E-state index >= 15 is 0 Å². The molecule has 1 aromatic carbocycles. The van der Waals surface area contributed by atoms with Gasteiger partial charge in [0.15, 0.2) is 5.82 Å². The normalized spacial score (nSPS) is 11.2. The number of halogens is 1. The molecule has 0 aliphatic rings. The Balaban J connectivity index is 2.27. The van der Waals surface area contributed by atoms with E-state index in [-0.39, 0.29) is 0 Å². The molecule has 0 unspecified atom stereocenters. The molecule has 0 bridgehead atoms. The van der Waals surface area contributed by atoms with Crippen molar-refractivity contribution in [2.24, 2.45) is 7.05 Å². The maximum absolute atomic E-state index is 4.69. The number of imidazole rings is 1. The van der Waals surface area contributed by atoms with Crippen molar-refractivity contribution in [3.8, 4) is 10.7 Å². The molecule has 86 valence electrons. The van der Waals surface area contributed by atoms with Crippen LogP contribution in [0.2, 0.25) is 0 Å². The number of hydrogen-bond acceptors (Lipinski definition) is 2. The molecule has 0 amide bonds. The van der Waals surface area contributed by atoms with Gasteiger partial charge in [-0.15, -0.1) is 11.3 Å². The molecule has 0 saturated heterocycles. The maximum Gasteiger partial charge on any atom is 0.151 e. The summed E-state index contributed by atoms with van der Waals surface area (Å²) in [5.41, 5.74) is 2.22. The van der Waals surface area contributed by atoms with E-state index in [9.17, 15) is 0 Å². The topological polar surface area (TPSA) is 17.8 Å². The first-order valence-corrected chi connectivity index (χ1v) is 6.95. The van der Waals surface area contributed by atoms with E-state index < -0.39 is 0 Å². The number of para-hydroxylation sites is 2. The van der Waals surface area contributed by atoms with Crippen LogP contribution in [0.4, 0.5) is 0 Å². The van der Waals surface area contributed by atoms with E-state index in [1.807, 2.05) is 18.2 Å². The summed E-state index contributed by atoms with van der Waals surface area (Å²) in [5, 5.41) is 0. The van der Waals surface area contributed by atoms with Gasteiger partial charge in [-0.2, -0.15) is 0 Å². The molecule has 0 atom stereocenters. The first kappa shape index (κ1) is 11.0. The molecule has 2 heterocycles. The van der Waals surface area contributed by atoms with Gasteiger partial charge in [0.2, 0.25) is 0 Å². The molecule has 0 aliphatic heterocycles. The van der Waals surface area contributed by atoms with Crippen LogP contribution in [0.3, 0.4) is 0 Å². The molecule has 0 radical (unpaired) electrons. The van der Waals surface area contributed by atoms with Crippen LogP contribution in [0.25, 0.3) is 21.7 Å². The number of benzene rings is 1. The molecule has 3 rings (SSSR count). The van der Waals surface area contributed by atoms with Crippen molar-refractivity contribution in [3.05, 3.63) is 39.7 Å². The lowest BCUT2D eigenvalue weighted by atomic mass is 10.3. The van der Waals surface area contributed by atoms with Gasteiger partial charge in [-0.3, -0.25) is 0 Å². The van der Waals surface area contributed by atoms with Gasteiger partial charge in [0, 0.05) is 16.4 Å². The third-order valence-electron chi connectivity index (χ3n) is 2.86. The molecular weight excluding hydrogens is 296 g/mol.